The molecule has 0 bridgehead atoms. The van der Waals surface area contributed by atoms with Crippen LogP contribution in [-0.4, -0.2) is 45.2 Å². The zero-order valence-electron chi connectivity index (χ0n) is 14.3. The van der Waals surface area contributed by atoms with Gasteiger partial charge in [-0.05, 0) is 49.9 Å². The summed E-state index contributed by atoms with van der Waals surface area (Å²) in [6.07, 6.45) is 3.01. The molecular formula is C18H21FN4O3. The maximum absolute atomic E-state index is 13.0. The van der Waals surface area contributed by atoms with Crippen LogP contribution in [0.4, 0.5) is 4.39 Å². The second kappa shape index (κ2) is 7.13. The number of aliphatic hydroxyl groups excluding tert-OH is 1. The molecule has 1 aromatic heterocycles. The number of aromatic nitrogens is 2. The third-order valence-electron chi connectivity index (χ3n) is 4.87. The number of halogens is 1. The Balaban J connectivity index is 1.42. The molecule has 1 aromatic carbocycles. The first-order chi connectivity index (χ1) is 12.6. The van der Waals surface area contributed by atoms with Crippen LogP contribution in [0.2, 0.25) is 0 Å². The molecule has 2 aliphatic rings. The minimum atomic E-state index is -0.739. The second-order valence-electron chi connectivity index (χ2n) is 6.92. The van der Waals surface area contributed by atoms with Gasteiger partial charge in [-0.25, -0.2) is 4.39 Å². The largest absolute Gasteiger partial charge is 0.387 e. The Morgan fingerprint density at radius 2 is 2.12 bits per heavy atom. The number of aliphatic hydroxyl groups is 1. The lowest BCUT2D eigenvalue weighted by molar-refractivity contribution is 0.0937. The van der Waals surface area contributed by atoms with Gasteiger partial charge < -0.3 is 14.9 Å². The van der Waals surface area contributed by atoms with E-state index in [4.69, 9.17) is 4.52 Å². The quantitative estimate of drug-likeness (QED) is 0.818. The fourth-order valence-electron chi connectivity index (χ4n) is 3.28. The molecule has 2 heterocycles. The van der Waals surface area contributed by atoms with Crippen molar-refractivity contribution in [3.05, 3.63) is 47.4 Å². The molecule has 1 aliphatic carbocycles. The Bertz CT molecular complexity index is 775. The van der Waals surface area contributed by atoms with Crippen molar-refractivity contribution >= 4 is 5.91 Å². The molecule has 4 rings (SSSR count). The lowest BCUT2D eigenvalue weighted by Crippen LogP contribution is -2.29. The van der Waals surface area contributed by atoms with E-state index in [1.165, 1.54) is 12.1 Å². The molecule has 2 fully saturated rings. The zero-order chi connectivity index (χ0) is 18.1. The number of likely N-dealkylation sites (tertiary alicyclic amines) is 1. The molecule has 2 N–H and O–H groups in total. The molecular weight excluding hydrogens is 339 g/mol. The third-order valence-corrected chi connectivity index (χ3v) is 4.87. The van der Waals surface area contributed by atoms with E-state index < -0.39 is 6.10 Å². The van der Waals surface area contributed by atoms with Gasteiger partial charge in [0.25, 0.3) is 11.7 Å². The smallest absolute Gasteiger partial charge is 0.292 e. The molecule has 0 radical (unpaired) electrons. The van der Waals surface area contributed by atoms with Gasteiger partial charge in [0.2, 0.25) is 5.89 Å². The zero-order valence-corrected chi connectivity index (χ0v) is 14.3. The van der Waals surface area contributed by atoms with Crippen molar-refractivity contribution in [3.63, 3.8) is 0 Å². The number of hydrogen-bond acceptors (Lipinski definition) is 6. The summed E-state index contributed by atoms with van der Waals surface area (Å²) in [7, 11) is 0. The summed E-state index contributed by atoms with van der Waals surface area (Å²) in [5.74, 6) is -0.186. The number of amides is 1. The van der Waals surface area contributed by atoms with E-state index >= 15 is 0 Å². The highest BCUT2D eigenvalue weighted by molar-refractivity contribution is 5.90. The average Bonchev–Trinajstić information content (AvgIpc) is 3.11. The molecule has 2 aromatic rings. The van der Waals surface area contributed by atoms with Crippen LogP contribution in [0, 0.1) is 5.82 Å². The lowest BCUT2D eigenvalue weighted by Gasteiger charge is -2.24. The Kier molecular flexibility index (Phi) is 4.69. The van der Waals surface area contributed by atoms with Gasteiger partial charge in [0.05, 0.1) is 12.1 Å². The lowest BCUT2D eigenvalue weighted by atomic mass is 10.1. The van der Waals surface area contributed by atoms with Gasteiger partial charge in [-0.2, -0.15) is 4.98 Å². The van der Waals surface area contributed by atoms with Crippen LogP contribution < -0.4 is 5.32 Å². The van der Waals surface area contributed by atoms with Crippen LogP contribution in [0.5, 0.6) is 0 Å². The molecule has 26 heavy (non-hydrogen) atoms. The number of carbonyl (C=O) groups is 1. The summed E-state index contributed by atoms with van der Waals surface area (Å²) in [5, 5.41) is 17.1. The molecule has 7 nitrogen and oxygen atoms in total. The van der Waals surface area contributed by atoms with Crippen molar-refractivity contribution in [2.24, 2.45) is 0 Å². The SMILES string of the molecule is O=C(NC1CC1)c1noc([C@H]2CCCN2C[C@H](O)c2ccc(F)cc2)n1. The Hall–Kier alpha value is -2.32. The fraction of sp³-hybridized carbons (Fsp3) is 0.500. The average molecular weight is 360 g/mol. The summed E-state index contributed by atoms with van der Waals surface area (Å²) in [4.78, 5) is 18.3. The van der Waals surface area contributed by atoms with Crippen molar-refractivity contribution in [1.82, 2.24) is 20.4 Å². The van der Waals surface area contributed by atoms with Crippen molar-refractivity contribution in [3.8, 4) is 0 Å². The first-order valence-corrected chi connectivity index (χ1v) is 8.92. The van der Waals surface area contributed by atoms with Gasteiger partial charge in [-0.1, -0.05) is 17.3 Å². The Morgan fingerprint density at radius 1 is 1.35 bits per heavy atom. The molecule has 1 saturated heterocycles. The molecule has 1 saturated carbocycles. The van der Waals surface area contributed by atoms with Gasteiger partial charge in [0.1, 0.15) is 5.82 Å². The maximum Gasteiger partial charge on any atom is 0.292 e. The van der Waals surface area contributed by atoms with Gasteiger partial charge in [0, 0.05) is 12.6 Å². The molecule has 0 spiro atoms. The number of rotatable bonds is 6. The first kappa shape index (κ1) is 17.1. The maximum atomic E-state index is 13.0. The van der Waals surface area contributed by atoms with E-state index in [1.807, 2.05) is 0 Å². The fourth-order valence-corrected chi connectivity index (χ4v) is 3.28. The highest BCUT2D eigenvalue weighted by Gasteiger charge is 2.33. The van der Waals surface area contributed by atoms with Crippen molar-refractivity contribution in [2.75, 3.05) is 13.1 Å². The number of nitrogens with zero attached hydrogens (tertiary/aromatic N) is 3. The number of β-amino-alcohol motifs (C(OH)–C–C–N with tert-alkyl or cyclic N) is 1. The van der Waals surface area contributed by atoms with Crippen molar-refractivity contribution < 1.29 is 18.8 Å². The topological polar surface area (TPSA) is 91.5 Å². The van der Waals surface area contributed by atoms with Crippen LogP contribution in [-0.2, 0) is 0 Å². The molecule has 138 valence electrons. The summed E-state index contributed by atoms with van der Waals surface area (Å²) in [6.45, 7) is 1.16. The number of benzene rings is 1. The van der Waals surface area contributed by atoms with Crippen LogP contribution in [0.15, 0.2) is 28.8 Å². The van der Waals surface area contributed by atoms with E-state index in [-0.39, 0.29) is 29.6 Å². The van der Waals surface area contributed by atoms with Gasteiger partial charge in [-0.15, -0.1) is 0 Å². The van der Waals surface area contributed by atoms with Crippen LogP contribution in [0.3, 0.4) is 0 Å². The van der Waals surface area contributed by atoms with Gasteiger partial charge in [-0.3, -0.25) is 9.69 Å². The first-order valence-electron chi connectivity index (χ1n) is 8.92. The number of nitrogens with one attached hydrogen (secondary N) is 1. The monoisotopic (exact) mass is 360 g/mol. The van der Waals surface area contributed by atoms with Crippen LogP contribution >= 0.6 is 0 Å². The Labute approximate surface area is 150 Å². The Morgan fingerprint density at radius 3 is 2.85 bits per heavy atom. The highest BCUT2D eigenvalue weighted by atomic mass is 19.1. The standard InChI is InChI=1S/C18H21FN4O3/c19-12-5-3-11(4-6-12)15(24)10-23-9-1-2-14(23)18-21-16(22-26-18)17(25)20-13-7-8-13/h3-6,13-15,24H,1-2,7-10H2,(H,20,25)/t14-,15+/m1/s1. The summed E-state index contributed by atoms with van der Waals surface area (Å²) >= 11 is 0. The van der Waals surface area contributed by atoms with Gasteiger partial charge in [0.15, 0.2) is 0 Å². The number of hydrogen-bond donors (Lipinski definition) is 2. The molecule has 0 unspecified atom stereocenters. The van der Waals surface area contributed by atoms with E-state index in [0.29, 0.717) is 18.0 Å². The van der Waals surface area contributed by atoms with E-state index in [9.17, 15) is 14.3 Å². The molecule has 8 heteroatoms. The molecule has 1 amide bonds. The molecule has 1 aliphatic heterocycles. The van der Waals surface area contributed by atoms with Gasteiger partial charge >= 0.3 is 0 Å². The minimum absolute atomic E-state index is 0.0535. The highest BCUT2D eigenvalue weighted by Crippen LogP contribution is 2.32. The number of carbonyl (C=O) groups excluding carboxylic acids is 1. The van der Waals surface area contributed by atoms with Crippen molar-refractivity contribution in [1.29, 1.82) is 0 Å². The van der Waals surface area contributed by atoms with E-state index in [0.717, 1.165) is 32.2 Å². The summed E-state index contributed by atoms with van der Waals surface area (Å²) in [5.41, 5.74) is 0.659. The normalized spacial score (nSPS) is 21.7. The van der Waals surface area contributed by atoms with E-state index in [2.05, 4.69) is 20.4 Å². The third kappa shape index (κ3) is 3.76. The second-order valence-corrected chi connectivity index (χ2v) is 6.92. The predicted molar refractivity (Wildman–Crippen MR) is 89.7 cm³/mol. The van der Waals surface area contributed by atoms with Crippen molar-refractivity contribution in [2.45, 2.75) is 43.9 Å². The predicted octanol–water partition coefficient (Wildman–Crippen LogP) is 1.97. The van der Waals surface area contributed by atoms with Crippen LogP contribution in [0.1, 0.15) is 59.9 Å². The molecule has 2 atom stereocenters. The summed E-state index contributed by atoms with van der Waals surface area (Å²) in [6, 6.07) is 5.94. The minimum Gasteiger partial charge on any atom is -0.387 e. The van der Waals surface area contributed by atoms with E-state index in [1.54, 1.807) is 12.1 Å². The summed E-state index contributed by atoms with van der Waals surface area (Å²) < 4.78 is 18.3. The van der Waals surface area contributed by atoms with Crippen LogP contribution in [0.25, 0.3) is 0 Å².